The highest BCUT2D eigenvalue weighted by Gasteiger charge is 2.20. The molecule has 1 aliphatic carbocycles. The Kier molecular flexibility index (Phi) is 4.24. The van der Waals surface area contributed by atoms with Crippen molar-refractivity contribution in [3.63, 3.8) is 0 Å². The molecule has 1 aromatic carbocycles. The van der Waals surface area contributed by atoms with E-state index in [1.165, 1.54) is 36.9 Å². The Morgan fingerprint density at radius 3 is 2.90 bits per heavy atom. The zero-order valence-corrected chi connectivity index (χ0v) is 12.0. The number of hydrogen-bond acceptors (Lipinski definition) is 2. The predicted molar refractivity (Wildman–Crippen MR) is 81.8 cm³/mol. The smallest absolute Gasteiger partial charge is 0.220 e. The molecule has 3 heteroatoms. The summed E-state index contributed by atoms with van der Waals surface area (Å²) in [6.07, 6.45) is 8.08. The van der Waals surface area contributed by atoms with Gasteiger partial charge in [-0.15, -0.1) is 0 Å². The van der Waals surface area contributed by atoms with E-state index in [4.69, 9.17) is 0 Å². The Morgan fingerprint density at radius 2 is 2.05 bits per heavy atom. The molecule has 0 aromatic heterocycles. The van der Waals surface area contributed by atoms with Crippen molar-refractivity contribution in [3.8, 4) is 0 Å². The van der Waals surface area contributed by atoms with Crippen molar-refractivity contribution in [3.05, 3.63) is 29.8 Å². The van der Waals surface area contributed by atoms with E-state index in [2.05, 4.69) is 28.8 Å². The molecular weight excluding hydrogens is 248 g/mol. The third-order valence-electron chi connectivity index (χ3n) is 4.64. The van der Waals surface area contributed by atoms with E-state index >= 15 is 0 Å². The normalized spacial score (nSPS) is 22.1. The molecule has 20 heavy (non-hydrogen) atoms. The van der Waals surface area contributed by atoms with Gasteiger partial charge in [0, 0.05) is 18.7 Å². The van der Waals surface area contributed by atoms with E-state index < -0.39 is 0 Å². The summed E-state index contributed by atoms with van der Waals surface area (Å²) in [6, 6.07) is 8.59. The van der Waals surface area contributed by atoms with Crippen LogP contribution in [0.1, 0.15) is 44.1 Å². The highest BCUT2D eigenvalue weighted by atomic mass is 16.1. The van der Waals surface area contributed by atoms with Gasteiger partial charge in [0.15, 0.2) is 0 Å². The minimum Gasteiger partial charge on any atom is -0.383 e. The van der Waals surface area contributed by atoms with Crippen LogP contribution >= 0.6 is 0 Å². The molecule has 1 unspecified atom stereocenters. The van der Waals surface area contributed by atoms with Gasteiger partial charge in [0.2, 0.25) is 5.91 Å². The first-order valence-electron chi connectivity index (χ1n) is 7.92. The molecule has 3 nitrogen and oxygen atoms in total. The summed E-state index contributed by atoms with van der Waals surface area (Å²) < 4.78 is 0. The summed E-state index contributed by atoms with van der Waals surface area (Å²) in [5.74, 6) is 1.02. The molecule has 1 atom stereocenters. The van der Waals surface area contributed by atoms with Crippen molar-refractivity contribution in [2.45, 2.75) is 51.0 Å². The molecule has 1 saturated carbocycles. The molecule has 1 aliphatic heterocycles. The number of nitrogens with one attached hydrogen (secondary N) is 2. The second-order valence-electron chi connectivity index (χ2n) is 6.20. The van der Waals surface area contributed by atoms with Crippen molar-refractivity contribution in [1.29, 1.82) is 0 Å². The number of anilines is 1. The Labute approximate surface area is 121 Å². The quantitative estimate of drug-likeness (QED) is 0.884. The van der Waals surface area contributed by atoms with E-state index in [-0.39, 0.29) is 11.9 Å². The van der Waals surface area contributed by atoms with Crippen LogP contribution in [0.25, 0.3) is 0 Å². The fourth-order valence-electron chi connectivity index (χ4n) is 3.48. The molecule has 1 fully saturated rings. The summed E-state index contributed by atoms with van der Waals surface area (Å²) in [5.41, 5.74) is 2.52. The number of para-hydroxylation sites is 1. The van der Waals surface area contributed by atoms with Crippen LogP contribution in [0.3, 0.4) is 0 Å². The lowest BCUT2D eigenvalue weighted by Crippen LogP contribution is -2.43. The van der Waals surface area contributed by atoms with Crippen LogP contribution in [0.15, 0.2) is 24.3 Å². The highest BCUT2D eigenvalue weighted by Crippen LogP contribution is 2.28. The summed E-state index contributed by atoms with van der Waals surface area (Å²) in [6.45, 7) is 0.839. The Bertz CT molecular complexity index is 466. The molecule has 3 rings (SSSR count). The maximum Gasteiger partial charge on any atom is 0.220 e. The van der Waals surface area contributed by atoms with Crippen LogP contribution in [0.5, 0.6) is 0 Å². The topological polar surface area (TPSA) is 41.1 Å². The van der Waals surface area contributed by atoms with Crippen molar-refractivity contribution >= 4 is 11.6 Å². The van der Waals surface area contributed by atoms with Crippen LogP contribution in [-0.2, 0) is 11.2 Å². The number of carbonyl (C=O) groups excluding carboxylic acids is 1. The Morgan fingerprint density at radius 1 is 1.25 bits per heavy atom. The lowest BCUT2D eigenvalue weighted by atomic mass is 9.98. The number of carbonyl (C=O) groups is 1. The molecular formula is C17H24N2O. The number of benzene rings is 1. The van der Waals surface area contributed by atoms with Gasteiger partial charge < -0.3 is 10.6 Å². The molecule has 1 heterocycles. The van der Waals surface area contributed by atoms with Gasteiger partial charge in [-0.05, 0) is 30.4 Å². The van der Waals surface area contributed by atoms with E-state index in [0.29, 0.717) is 6.42 Å². The average Bonchev–Trinajstić information content (AvgIpc) is 2.98. The third kappa shape index (κ3) is 3.33. The van der Waals surface area contributed by atoms with Gasteiger partial charge in [0.25, 0.3) is 0 Å². The molecule has 0 spiro atoms. The summed E-state index contributed by atoms with van der Waals surface area (Å²) in [7, 11) is 0. The molecule has 2 N–H and O–H groups in total. The molecule has 0 bridgehead atoms. The average molecular weight is 272 g/mol. The van der Waals surface area contributed by atoms with Crippen LogP contribution in [0.2, 0.25) is 0 Å². The number of rotatable bonds is 4. The summed E-state index contributed by atoms with van der Waals surface area (Å²) in [5, 5.41) is 6.58. The second kappa shape index (κ2) is 6.29. The number of hydrogen-bond donors (Lipinski definition) is 2. The van der Waals surface area contributed by atoms with Crippen molar-refractivity contribution in [2.75, 3.05) is 11.9 Å². The van der Waals surface area contributed by atoms with Gasteiger partial charge in [-0.3, -0.25) is 4.79 Å². The Hall–Kier alpha value is -1.51. The fourth-order valence-corrected chi connectivity index (χ4v) is 3.48. The first-order valence-corrected chi connectivity index (χ1v) is 7.92. The van der Waals surface area contributed by atoms with E-state index in [9.17, 15) is 4.79 Å². The first kappa shape index (κ1) is 13.5. The maximum absolute atomic E-state index is 12.0. The third-order valence-corrected chi connectivity index (χ3v) is 4.64. The minimum atomic E-state index is 0.225. The van der Waals surface area contributed by atoms with Crippen molar-refractivity contribution < 1.29 is 4.79 Å². The van der Waals surface area contributed by atoms with Gasteiger partial charge in [-0.1, -0.05) is 43.9 Å². The van der Waals surface area contributed by atoms with Gasteiger partial charge in [0.1, 0.15) is 0 Å². The largest absolute Gasteiger partial charge is 0.383 e. The number of amides is 1. The second-order valence-corrected chi connectivity index (χ2v) is 6.20. The van der Waals surface area contributed by atoms with Crippen LogP contribution in [0.4, 0.5) is 5.69 Å². The van der Waals surface area contributed by atoms with Gasteiger partial charge >= 0.3 is 0 Å². The Balaban J connectivity index is 1.45. The van der Waals surface area contributed by atoms with Gasteiger partial charge in [0.05, 0.1) is 6.04 Å². The first-order chi connectivity index (χ1) is 9.81. The lowest BCUT2D eigenvalue weighted by molar-refractivity contribution is -0.122. The van der Waals surface area contributed by atoms with Crippen molar-refractivity contribution in [1.82, 2.24) is 5.32 Å². The predicted octanol–water partition coefficient (Wildman–Crippen LogP) is 3.11. The molecule has 1 amide bonds. The zero-order chi connectivity index (χ0) is 13.8. The lowest BCUT2D eigenvalue weighted by Gasteiger charge is -2.27. The van der Waals surface area contributed by atoms with Crippen LogP contribution in [-0.4, -0.2) is 18.5 Å². The van der Waals surface area contributed by atoms with E-state index in [1.807, 2.05) is 6.07 Å². The van der Waals surface area contributed by atoms with Crippen LogP contribution in [0, 0.1) is 5.92 Å². The molecule has 1 aromatic rings. The standard InChI is InChI=1S/C17H24N2O/c20-17(10-9-13-5-1-2-6-13)19-15-11-14-7-3-4-8-16(14)18-12-15/h3-4,7-8,13,15,18H,1-2,5-6,9-12H2,(H,19,20). The van der Waals surface area contributed by atoms with E-state index in [1.54, 1.807) is 0 Å². The SMILES string of the molecule is O=C(CCC1CCCC1)NC1CNc2ccccc2C1. The van der Waals surface area contributed by atoms with Crippen molar-refractivity contribution in [2.24, 2.45) is 5.92 Å². The molecule has 108 valence electrons. The maximum atomic E-state index is 12.0. The van der Waals surface area contributed by atoms with Crippen LogP contribution < -0.4 is 10.6 Å². The molecule has 0 saturated heterocycles. The molecule has 0 radical (unpaired) electrons. The molecule has 2 aliphatic rings. The monoisotopic (exact) mass is 272 g/mol. The fraction of sp³-hybridized carbons (Fsp3) is 0.588. The summed E-state index contributed by atoms with van der Waals surface area (Å²) >= 11 is 0. The zero-order valence-electron chi connectivity index (χ0n) is 12.0. The minimum absolute atomic E-state index is 0.225. The number of fused-ring (bicyclic) bond motifs is 1. The van der Waals surface area contributed by atoms with E-state index in [0.717, 1.165) is 25.3 Å². The van der Waals surface area contributed by atoms with Gasteiger partial charge in [-0.25, -0.2) is 0 Å². The van der Waals surface area contributed by atoms with Gasteiger partial charge in [-0.2, -0.15) is 0 Å². The summed E-state index contributed by atoms with van der Waals surface area (Å²) in [4.78, 5) is 12.0. The highest BCUT2D eigenvalue weighted by molar-refractivity contribution is 5.76.